The van der Waals surface area contributed by atoms with Crippen molar-refractivity contribution in [2.75, 3.05) is 0 Å². The summed E-state index contributed by atoms with van der Waals surface area (Å²) in [5.41, 5.74) is 7.84. The van der Waals surface area contributed by atoms with E-state index in [1.165, 1.54) is 5.56 Å². The molecule has 0 spiro atoms. The predicted molar refractivity (Wildman–Crippen MR) is 58.7 cm³/mol. The molecule has 78 valence electrons. The molecule has 0 amide bonds. The van der Waals surface area contributed by atoms with E-state index >= 15 is 0 Å². The highest BCUT2D eigenvalue weighted by molar-refractivity contribution is 5.16. The van der Waals surface area contributed by atoms with E-state index < -0.39 is 0 Å². The van der Waals surface area contributed by atoms with Gasteiger partial charge in [-0.05, 0) is 38.5 Å². The van der Waals surface area contributed by atoms with Crippen LogP contribution in [0.25, 0.3) is 0 Å². The smallest absolute Gasteiger partial charge is 0.0542 e. The van der Waals surface area contributed by atoms with Crippen molar-refractivity contribution < 1.29 is 0 Å². The molecule has 1 heterocycles. The topological polar surface area (TPSA) is 50.9 Å². The first-order valence-corrected chi connectivity index (χ1v) is 4.90. The van der Waals surface area contributed by atoms with Gasteiger partial charge < -0.3 is 11.1 Å². The number of nitrogens with one attached hydrogen (secondary N) is 1. The van der Waals surface area contributed by atoms with E-state index in [0.29, 0.717) is 6.54 Å². The molecule has 0 saturated heterocycles. The van der Waals surface area contributed by atoms with Crippen LogP contribution in [0, 0.1) is 0 Å². The van der Waals surface area contributed by atoms with E-state index in [2.05, 4.69) is 31.1 Å². The number of nitrogens with two attached hydrogens (primary N) is 1. The minimum atomic E-state index is 0.145. The number of hydrogen-bond acceptors (Lipinski definition) is 3. The molecule has 14 heavy (non-hydrogen) atoms. The molecule has 0 aliphatic heterocycles. The van der Waals surface area contributed by atoms with Gasteiger partial charge in [0.05, 0.1) is 5.69 Å². The van der Waals surface area contributed by atoms with Gasteiger partial charge in [0.1, 0.15) is 0 Å². The summed E-state index contributed by atoms with van der Waals surface area (Å²) in [4.78, 5) is 4.15. The summed E-state index contributed by atoms with van der Waals surface area (Å²) in [6.07, 6.45) is 1.81. The largest absolute Gasteiger partial charge is 0.325 e. The van der Waals surface area contributed by atoms with Gasteiger partial charge in [-0.2, -0.15) is 0 Å². The second kappa shape index (κ2) is 4.53. The summed E-state index contributed by atoms with van der Waals surface area (Å²) in [7, 11) is 0. The predicted octanol–water partition coefficient (Wildman–Crippen LogP) is 1.43. The molecule has 3 heteroatoms. The first-order chi connectivity index (χ1) is 6.51. The molecule has 0 unspecified atom stereocenters. The molecule has 0 aliphatic rings. The van der Waals surface area contributed by atoms with Crippen LogP contribution in [-0.2, 0) is 13.1 Å². The molecule has 0 aliphatic carbocycles. The third kappa shape index (κ3) is 3.85. The average Bonchev–Trinajstić information content (AvgIpc) is 2.14. The van der Waals surface area contributed by atoms with Crippen molar-refractivity contribution in [3.8, 4) is 0 Å². The Morgan fingerprint density at radius 3 is 2.71 bits per heavy atom. The molecule has 0 bridgehead atoms. The lowest BCUT2D eigenvalue weighted by atomic mass is 10.1. The summed E-state index contributed by atoms with van der Waals surface area (Å²) >= 11 is 0. The van der Waals surface area contributed by atoms with E-state index in [9.17, 15) is 0 Å². The third-order valence-electron chi connectivity index (χ3n) is 1.91. The van der Waals surface area contributed by atoms with Crippen LogP contribution in [0.15, 0.2) is 18.3 Å². The van der Waals surface area contributed by atoms with Crippen LogP contribution in [0.5, 0.6) is 0 Å². The fourth-order valence-corrected chi connectivity index (χ4v) is 1.12. The molecular formula is C11H19N3. The van der Waals surface area contributed by atoms with Crippen LogP contribution < -0.4 is 11.1 Å². The normalized spacial score (nSPS) is 11.7. The van der Waals surface area contributed by atoms with Gasteiger partial charge in [-0.3, -0.25) is 4.98 Å². The quantitative estimate of drug-likeness (QED) is 0.763. The maximum Gasteiger partial charge on any atom is 0.0542 e. The van der Waals surface area contributed by atoms with Crippen LogP contribution in [-0.4, -0.2) is 10.5 Å². The fourth-order valence-electron chi connectivity index (χ4n) is 1.12. The summed E-state index contributed by atoms with van der Waals surface area (Å²) < 4.78 is 0. The van der Waals surface area contributed by atoms with E-state index in [-0.39, 0.29) is 5.54 Å². The van der Waals surface area contributed by atoms with Gasteiger partial charge in [-0.1, -0.05) is 0 Å². The minimum Gasteiger partial charge on any atom is -0.325 e. The first-order valence-electron chi connectivity index (χ1n) is 4.90. The van der Waals surface area contributed by atoms with E-state index in [4.69, 9.17) is 5.73 Å². The lowest BCUT2D eigenvalue weighted by Crippen LogP contribution is -2.35. The molecule has 1 aromatic heterocycles. The highest BCUT2D eigenvalue weighted by Crippen LogP contribution is 2.05. The minimum absolute atomic E-state index is 0.145. The van der Waals surface area contributed by atoms with Gasteiger partial charge in [-0.15, -0.1) is 0 Å². The zero-order valence-corrected chi connectivity index (χ0v) is 9.17. The molecule has 3 N–H and O–H groups in total. The summed E-state index contributed by atoms with van der Waals surface area (Å²) in [5.74, 6) is 0. The van der Waals surface area contributed by atoms with Crippen molar-refractivity contribution in [3.05, 3.63) is 29.6 Å². The van der Waals surface area contributed by atoms with Crippen molar-refractivity contribution >= 4 is 0 Å². The van der Waals surface area contributed by atoms with E-state index in [0.717, 1.165) is 12.2 Å². The zero-order valence-electron chi connectivity index (χ0n) is 9.17. The number of aromatic nitrogens is 1. The van der Waals surface area contributed by atoms with Gasteiger partial charge in [0.25, 0.3) is 0 Å². The second-order valence-electron chi connectivity index (χ2n) is 4.46. The summed E-state index contributed by atoms with van der Waals surface area (Å²) in [5, 5.41) is 3.42. The summed E-state index contributed by atoms with van der Waals surface area (Å²) in [6, 6.07) is 4.05. The summed E-state index contributed by atoms with van der Waals surface area (Å²) in [6.45, 7) is 7.82. The molecule has 0 aromatic carbocycles. The SMILES string of the molecule is CC(C)(C)NCc1ccnc(CN)c1. The zero-order chi connectivity index (χ0) is 10.6. The van der Waals surface area contributed by atoms with Crippen molar-refractivity contribution in [2.45, 2.75) is 39.4 Å². The Morgan fingerprint density at radius 2 is 2.14 bits per heavy atom. The van der Waals surface area contributed by atoms with Crippen molar-refractivity contribution in [1.82, 2.24) is 10.3 Å². The molecule has 0 saturated carbocycles. The highest BCUT2D eigenvalue weighted by Gasteiger charge is 2.08. The average molecular weight is 193 g/mol. The van der Waals surface area contributed by atoms with E-state index in [1.54, 1.807) is 0 Å². The van der Waals surface area contributed by atoms with Crippen LogP contribution in [0.2, 0.25) is 0 Å². The Morgan fingerprint density at radius 1 is 1.43 bits per heavy atom. The monoisotopic (exact) mass is 193 g/mol. The Balaban J connectivity index is 2.59. The number of pyridine rings is 1. The number of rotatable bonds is 3. The lowest BCUT2D eigenvalue weighted by Gasteiger charge is -2.20. The Kier molecular flexibility index (Phi) is 3.61. The maximum atomic E-state index is 5.52. The van der Waals surface area contributed by atoms with Gasteiger partial charge in [0.2, 0.25) is 0 Å². The van der Waals surface area contributed by atoms with Crippen LogP contribution in [0.3, 0.4) is 0 Å². The van der Waals surface area contributed by atoms with Crippen molar-refractivity contribution in [2.24, 2.45) is 5.73 Å². The van der Waals surface area contributed by atoms with Crippen LogP contribution in [0.4, 0.5) is 0 Å². The van der Waals surface area contributed by atoms with Crippen LogP contribution >= 0.6 is 0 Å². The van der Waals surface area contributed by atoms with Gasteiger partial charge in [0.15, 0.2) is 0 Å². The lowest BCUT2D eigenvalue weighted by molar-refractivity contribution is 0.424. The molecule has 1 rings (SSSR count). The second-order valence-corrected chi connectivity index (χ2v) is 4.46. The molecule has 0 fully saturated rings. The molecule has 1 aromatic rings. The molecule has 3 nitrogen and oxygen atoms in total. The maximum absolute atomic E-state index is 5.52. The highest BCUT2D eigenvalue weighted by atomic mass is 14.9. The van der Waals surface area contributed by atoms with E-state index in [1.807, 2.05) is 18.3 Å². The molecule has 0 radical (unpaired) electrons. The standard InChI is InChI=1S/C11H19N3/c1-11(2,3)14-8-9-4-5-13-10(6-9)7-12/h4-6,14H,7-8,12H2,1-3H3. The van der Waals surface area contributed by atoms with Gasteiger partial charge >= 0.3 is 0 Å². The van der Waals surface area contributed by atoms with Gasteiger partial charge in [0, 0.05) is 24.8 Å². The Hall–Kier alpha value is -0.930. The van der Waals surface area contributed by atoms with Crippen molar-refractivity contribution in [3.63, 3.8) is 0 Å². The number of nitrogens with zero attached hydrogens (tertiary/aromatic N) is 1. The number of hydrogen-bond donors (Lipinski definition) is 2. The Bertz CT molecular complexity index is 289. The first kappa shape index (κ1) is 11.1. The Labute approximate surface area is 85.7 Å². The van der Waals surface area contributed by atoms with Gasteiger partial charge in [-0.25, -0.2) is 0 Å². The molecule has 0 atom stereocenters. The fraction of sp³-hybridized carbons (Fsp3) is 0.545. The third-order valence-corrected chi connectivity index (χ3v) is 1.91. The van der Waals surface area contributed by atoms with Crippen LogP contribution in [0.1, 0.15) is 32.0 Å². The molecular weight excluding hydrogens is 174 g/mol. The van der Waals surface area contributed by atoms with Crippen molar-refractivity contribution in [1.29, 1.82) is 0 Å².